The molecular formula is C11H16O. The van der Waals surface area contributed by atoms with Gasteiger partial charge in [0.25, 0.3) is 0 Å². The highest BCUT2D eigenvalue weighted by Crippen LogP contribution is 2.18. The van der Waals surface area contributed by atoms with E-state index < -0.39 is 0 Å². The van der Waals surface area contributed by atoms with Crippen molar-refractivity contribution in [3.8, 4) is 5.75 Å². The minimum absolute atomic E-state index is 0. The highest BCUT2D eigenvalue weighted by molar-refractivity contribution is 5.36. The van der Waals surface area contributed by atoms with Crippen LogP contribution in [0.5, 0.6) is 5.75 Å². The van der Waals surface area contributed by atoms with Crippen LogP contribution in [0.2, 0.25) is 0 Å². The van der Waals surface area contributed by atoms with E-state index in [2.05, 4.69) is 6.58 Å². The maximum absolute atomic E-state index is 9.37. The summed E-state index contributed by atoms with van der Waals surface area (Å²) in [5.74, 6) is 0.366. The molecule has 12 heavy (non-hydrogen) atoms. The summed E-state index contributed by atoms with van der Waals surface area (Å²) in [6, 6.07) is 5.67. The van der Waals surface area contributed by atoms with Gasteiger partial charge in [0.1, 0.15) is 5.75 Å². The molecule has 1 aromatic carbocycles. The lowest BCUT2D eigenvalue weighted by molar-refractivity contribution is 0.469. The van der Waals surface area contributed by atoms with E-state index in [9.17, 15) is 5.11 Å². The molecule has 0 aromatic heterocycles. The van der Waals surface area contributed by atoms with E-state index in [4.69, 9.17) is 0 Å². The van der Waals surface area contributed by atoms with Crippen LogP contribution < -0.4 is 0 Å². The second-order valence-electron chi connectivity index (χ2n) is 2.62. The van der Waals surface area contributed by atoms with E-state index in [1.807, 2.05) is 19.1 Å². The third kappa shape index (κ3) is 2.42. The van der Waals surface area contributed by atoms with Gasteiger partial charge in [0.15, 0.2) is 0 Å². The first-order valence-corrected chi connectivity index (χ1v) is 3.63. The first-order valence-electron chi connectivity index (χ1n) is 3.63. The number of hydrogen-bond donors (Lipinski definition) is 1. The lowest BCUT2D eigenvalue weighted by Gasteiger charge is -2.01. The van der Waals surface area contributed by atoms with Crippen molar-refractivity contribution in [1.29, 1.82) is 0 Å². The van der Waals surface area contributed by atoms with Crippen molar-refractivity contribution in [2.24, 2.45) is 0 Å². The second kappa shape index (κ2) is 4.60. The summed E-state index contributed by atoms with van der Waals surface area (Å²) in [6.07, 6.45) is 2.51. The lowest BCUT2D eigenvalue weighted by Crippen LogP contribution is -1.82. The average molecular weight is 164 g/mol. The fraction of sp³-hybridized carbons (Fsp3) is 0.273. The van der Waals surface area contributed by atoms with Gasteiger partial charge in [-0.3, -0.25) is 0 Å². The normalized spacial score (nSPS) is 8.75. The zero-order valence-corrected chi connectivity index (χ0v) is 6.67. The van der Waals surface area contributed by atoms with Crippen molar-refractivity contribution in [2.75, 3.05) is 0 Å². The van der Waals surface area contributed by atoms with Gasteiger partial charge >= 0.3 is 0 Å². The molecule has 0 aliphatic heterocycles. The van der Waals surface area contributed by atoms with E-state index in [0.717, 1.165) is 17.5 Å². The molecule has 0 heterocycles. The van der Waals surface area contributed by atoms with Crippen LogP contribution in [-0.2, 0) is 6.42 Å². The van der Waals surface area contributed by atoms with E-state index >= 15 is 0 Å². The van der Waals surface area contributed by atoms with E-state index in [-0.39, 0.29) is 7.43 Å². The summed E-state index contributed by atoms with van der Waals surface area (Å²) in [5, 5.41) is 9.37. The average Bonchev–Trinajstić information content (AvgIpc) is 1.95. The summed E-state index contributed by atoms with van der Waals surface area (Å²) < 4.78 is 0. The first kappa shape index (κ1) is 10.8. The quantitative estimate of drug-likeness (QED) is 0.666. The Hall–Kier alpha value is -1.24. The zero-order valence-electron chi connectivity index (χ0n) is 6.67. The van der Waals surface area contributed by atoms with Crippen LogP contribution in [0.4, 0.5) is 0 Å². The molecule has 0 aliphatic carbocycles. The minimum Gasteiger partial charge on any atom is -0.508 e. The summed E-state index contributed by atoms with van der Waals surface area (Å²) >= 11 is 0. The number of phenolic OH excluding ortho intramolecular Hbond substituents is 1. The van der Waals surface area contributed by atoms with Gasteiger partial charge < -0.3 is 5.11 Å². The summed E-state index contributed by atoms with van der Waals surface area (Å²) in [5.41, 5.74) is 2.01. The van der Waals surface area contributed by atoms with Crippen molar-refractivity contribution in [1.82, 2.24) is 0 Å². The Bertz CT molecular complexity index is 264. The maximum Gasteiger partial charge on any atom is 0.119 e. The van der Waals surface area contributed by atoms with Gasteiger partial charge in [-0.15, -0.1) is 6.58 Å². The van der Waals surface area contributed by atoms with Crippen molar-refractivity contribution < 1.29 is 5.11 Å². The molecule has 1 heteroatoms. The van der Waals surface area contributed by atoms with Crippen LogP contribution in [0, 0.1) is 6.92 Å². The van der Waals surface area contributed by atoms with Crippen LogP contribution in [0.3, 0.4) is 0 Å². The van der Waals surface area contributed by atoms with Gasteiger partial charge in [-0.25, -0.2) is 0 Å². The third-order valence-corrected chi connectivity index (χ3v) is 1.61. The smallest absolute Gasteiger partial charge is 0.119 e. The van der Waals surface area contributed by atoms with Gasteiger partial charge in [0, 0.05) is 0 Å². The fourth-order valence-electron chi connectivity index (χ4n) is 1.00. The molecule has 0 unspecified atom stereocenters. The molecular weight excluding hydrogens is 148 g/mol. The van der Waals surface area contributed by atoms with E-state index in [0.29, 0.717) is 5.75 Å². The number of phenols is 1. The maximum atomic E-state index is 9.37. The standard InChI is InChI=1S/C10H12O.CH4/c1-3-4-9-6-5-8(2)7-10(9)11;/h3,5-7,11H,1,4H2,2H3;1H4. The molecule has 0 atom stereocenters. The van der Waals surface area contributed by atoms with Crippen LogP contribution in [0.15, 0.2) is 30.9 Å². The van der Waals surface area contributed by atoms with Gasteiger partial charge in [0.2, 0.25) is 0 Å². The van der Waals surface area contributed by atoms with E-state index in [1.165, 1.54) is 0 Å². The van der Waals surface area contributed by atoms with Gasteiger partial charge in [0.05, 0.1) is 0 Å². The molecule has 0 spiro atoms. The van der Waals surface area contributed by atoms with Crippen LogP contribution in [-0.4, -0.2) is 5.11 Å². The monoisotopic (exact) mass is 164 g/mol. The Morgan fingerprint density at radius 2 is 2.17 bits per heavy atom. The molecule has 0 fully saturated rings. The van der Waals surface area contributed by atoms with Gasteiger partial charge in [-0.1, -0.05) is 25.6 Å². The largest absolute Gasteiger partial charge is 0.508 e. The lowest BCUT2D eigenvalue weighted by atomic mass is 10.1. The second-order valence-corrected chi connectivity index (χ2v) is 2.62. The van der Waals surface area contributed by atoms with Crippen molar-refractivity contribution in [2.45, 2.75) is 20.8 Å². The van der Waals surface area contributed by atoms with Crippen molar-refractivity contribution in [3.05, 3.63) is 42.0 Å². The van der Waals surface area contributed by atoms with Crippen LogP contribution >= 0.6 is 0 Å². The van der Waals surface area contributed by atoms with E-state index in [1.54, 1.807) is 12.1 Å². The molecule has 66 valence electrons. The number of benzene rings is 1. The minimum atomic E-state index is 0. The Morgan fingerprint density at radius 3 is 2.67 bits per heavy atom. The third-order valence-electron chi connectivity index (χ3n) is 1.61. The molecule has 1 aromatic rings. The molecule has 1 nitrogen and oxygen atoms in total. The topological polar surface area (TPSA) is 20.2 Å². The first-order chi connectivity index (χ1) is 5.24. The van der Waals surface area contributed by atoms with Crippen molar-refractivity contribution >= 4 is 0 Å². The number of rotatable bonds is 2. The van der Waals surface area contributed by atoms with Crippen molar-refractivity contribution in [3.63, 3.8) is 0 Å². The molecule has 0 bridgehead atoms. The van der Waals surface area contributed by atoms with Gasteiger partial charge in [-0.2, -0.15) is 0 Å². The Morgan fingerprint density at radius 1 is 1.50 bits per heavy atom. The number of hydrogen-bond acceptors (Lipinski definition) is 1. The highest BCUT2D eigenvalue weighted by atomic mass is 16.3. The molecule has 0 saturated heterocycles. The fourth-order valence-corrected chi connectivity index (χ4v) is 1.00. The SMILES string of the molecule is C.C=CCc1ccc(C)cc1O. The Balaban J connectivity index is 0.00000121. The summed E-state index contributed by atoms with van der Waals surface area (Å²) in [6.45, 7) is 5.56. The molecule has 0 aliphatic rings. The van der Waals surface area contributed by atoms with Crippen LogP contribution in [0.25, 0.3) is 0 Å². The predicted octanol–water partition coefficient (Wildman–Crippen LogP) is 3.07. The molecule has 0 radical (unpaired) electrons. The predicted molar refractivity (Wildman–Crippen MR) is 53.5 cm³/mol. The molecule has 0 saturated carbocycles. The number of allylic oxidation sites excluding steroid dienone is 1. The summed E-state index contributed by atoms with van der Waals surface area (Å²) in [4.78, 5) is 0. The molecule has 1 rings (SSSR count). The Kier molecular flexibility index (Phi) is 4.12. The Labute approximate surface area is 74.4 Å². The number of aryl methyl sites for hydroxylation is 1. The molecule has 1 N–H and O–H groups in total. The number of aromatic hydroxyl groups is 1. The summed E-state index contributed by atoms with van der Waals surface area (Å²) in [7, 11) is 0. The highest BCUT2D eigenvalue weighted by Gasteiger charge is 1.97. The van der Waals surface area contributed by atoms with Crippen LogP contribution in [0.1, 0.15) is 18.6 Å². The van der Waals surface area contributed by atoms with Gasteiger partial charge in [-0.05, 0) is 30.5 Å². The molecule has 0 amide bonds. The zero-order chi connectivity index (χ0) is 8.27.